The fraction of sp³-hybridized carbons (Fsp3) is 0. The van der Waals surface area contributed by atoms with Crippen molar-refractivity contribution in [3.05, 3.63) is 36.4 Å². The van der Waals surface area contributed by atoms with Gasteiger partial charge >= 0.3 is 11.9 Å². The Morgan fingerprint density at radius 1 is 1.00 bits per heavy atom. The predicted molar refractivity (Wildman–Crippen MR) is 59.5 cm³/mol. The van der Waals surface area contributed by atoms with Crippen LogP contribution in [-0.2, 0) is 9.59 Å². The standard InChI is InChI=1S/C12H7NO5/c14-9-5-6-10(15)18-12-11(17-9)7-3-1-2-4-8(7)13(12)16/h1-6,16H/b6-5+. The number of nitrogens with zero attached hydrogens (tertiary/aromatic N) is 1. The lowest BCUT2D eigenvalue weighted by atomic mass is 10.2. The maximum absolute atomic E-state index is 11.4. The maximum atomic E-state index is 11.4. The van der Waals surface area contributed by atoms with Gasteiger partial charge in [0.1, 0.15) is 0 Å². The zero-order valence-corrected chi connectivity index (χ0v) is 8.99. The topological polar surface area (TPSA) is 77.8 Å². The molecule has 6 heteroatoms. The van der Waals surface area contributed by atoms with Crippen LogP contribution in [0.2, 0.25) is 0 Å². The average Bonchev–Trinajstić information content (AvgIpc) is 2.61. The first-order valence-corrected chi connectivity index (χ1v) is 5.11. The Labute approximate surface area is 101 Å². The Morgan fingerprint density at radius 3 is 2.44 bits per heavy atom. The summed E-state index contributed by atoms with van der Waals surface area (Å²) >= 11 is 0. The molecular weight excluding hydrogens is 238 g/mol. The van der Waals surface area contributed by atoms with E-state index in [2.05, 4.69) is 0 Å². The second kappa shape index (κ2) is 3.63. The molecule has 1 N–H and O–H groups in total. The Morgan fingerprint density at radius 2 is 1.67 bits per heavy atom. The number of ether oxygens (including phenoxy) is 2. The van der Waals surface area contributed by atoms with Gasteiger partial charge in [-0.3, -0.25) is 0 Å². The molecule has 0 fully saturated rings. The minimum atomic E-state index is -0.758. The minimum absolute atomic E-state index is 0.0239. The third-order valence-electron chi connectivity index (χ3n) is 2.52. The maximum Gasteiger partial charge on any atom is 0.337 e. The van der Waals surface area contributed by atoms with E-state index in [0.717, 1.165) is 12.2 Å². The third kappa shape index (κ3) is 1.43. The summed E-state index contributed by atoms with van der Waals surface area (Å²) < 4.78 is 10.6. The van der Waals surface area contributed by atoms with E-state index in [1.165, 1.54) is 0 Å². The van der Waals surface area contributed by atoms with Crippen LogP contribution in [0.3, 0.4) is 0 Å². The van der Waals surface area contributed by atoms with Crippen molar-refractivity contribution in [2.24, 2.45) is 0 Å². The normalized spacial score (nSPS) is 16.4. The largest absolute Gasteiger partial charge is 0.425 e. The number of rotatable bonds is 0. The van der Waals surface area contributed by atoms with Gasteiger partial charge < -0.3 is 14.7 Å². The van der Waals surface area contributed by atoms with Crippen molar-refractivity contribution in [1.82, 2.24) is 4.73 Å². The van der Waals surface area contributed by atoms with Crippen molar-refractivity contribution in [3.8, 4) is 11.6 Å². The van der Waals surface area contributed by atoms with Crippen LogP contribution in [0, 0.1) is 0 Å². The molecule has 18 heavy (non-hydrogen) atoms. The molecule has 1 aromatic heterocycles. The van der Waals surface area contributed by atoms with Crippen molar-refractivity contribution >= 4 is 22.8 Å². The summed E-state index contributed by atoms with van der Waals surface area (Å²) in [6.45, 7) is 0. The molecule has 2 heterocycles. The lowest BCUT2D eigenvalue weighted by Gasteiger charge is -2.07. The van der Waals surface area contributed by atoms with E-state index in [0.29, 0.717) is 15.6 Å². The zero-order valence-electron chi connectivity index (χ0n) is 8.99. The molecule has 0 saturated heterocycles. The number of hydrogen-bond donors (Lipinski definition) is 1. The molecule has 1 aliphatic heterocycles. The number of benzene rings is 1. The molecule has 0 radical (unpaired) electrons. The SMILES string of the molecule is O=C1/C=C/C(=O)Oc2c(c3ccccc3n2O)O1. The molecule has 0 unspecified atom stereocenters. The smallest absolute Gasteiger partial charge is 0.337 e. The first-order valence-electron chi connectivity index (χ1n) is 5.11. The van der Waals surface area contributed by atoms with Crippen LogP contribution in [0.1, 0.15) is 0 Å². The Bertz CT molecular complexity index is 698. The van der Waals surface area contributed by atoms with Gasteiger partial charge in [0.15, 0.2) is 0 Å². The first-order chi connectivity index (χ1) is 8.66. The highest BCUT2D eigenvalue weighted by molar-refractivity contribution is 5.99. The molecule has 1 aliphatic rings. The van der Waals surface area contributed by atoms with Gasteiger partial charge in [0.05, 0.1) is 10.9 Å². The van der Waals surface area contributed by atoms with Gasteiger partial charge in [-0.2, -0.15) is 0 Å². The van der Waals surface area contributed by atoms with E-state index >= 15 is 0 Å². The molecule has 3 rings (SSSR count). The van der Waals surface area contributed by atoms with E-state index in [1.807, 2.05) is 0 Å². The molecule has 0 spiro atoms. The van der Waals surface area contributed by atoms with Crippen LogP contribution in [0.5, 0.6) is 11.6 Å². The van der Waals surface area contributed by atoms with Crippen LogP contribution in [-0.4, -0.2) is 21.9 Å². The Balaban J connectivity index is 2.31. The Kier molecular flexibility index (Phi) is 2.09. The number of aromatic nitrogens is 1. The fourth-order valence-electron chi connectivity index (χ4n) is 1.76. The molecule has 0 atom stereocenters. The number of carbonyl (C=O) groups excluding carboxylic acids is 2. The molecule has 0 saturated carbocycles. The summed E-state index contributed by atoms with van der Waals surface area (Å²) in [5.74, 6) is -1.65. The molecule has 1 aromatic carbocycles. The van der Waals surface area contributed by atoms with Gasteiger partial charge in [-0.15, -0.1) is 4.73 Å². The number of hydrogen-bond acceptors (Lipinski definition) is 5. The summed E-state index contributed by atoms with van der Waals surface area (Å²) in [7, 11) is 0. The van der Waals surface area contributed by atoms with Crippen molar-refractivity contribution < 1.29 is 24.3 Å². The summed E-state index contributed by atoms with van der Waals surface area (Å²) in [5, 5.41) is 10.4. The van der Waals surface area contributed by atoms with Crippen LogP contribution in [0.15, 0.2) is 36.4 Å². The highest BCUT2D eigenvalue weighted by Crippen LogP contribution is 2.38. The van der Waals surface area contributed by atoms with Crippen molar-refractivity contribution in [2.75, 3.05) is 0 Å². The summed E-state index contributed by atoms with van der Waals surface area (Å²) in [6.07, 6.45) is 1.90. The number of carbonyl (C=O) groups is 2. The first kappa shape index (κ1) is 10.4. The lowest BCUT2D eigenvalue weighted by Crippen LogP contribution is -2.14. The fourth-order valence-corrected chi connectivity index (χ4v) is 1.76. The monoisotopic (exact) mass is 245 g/mol. The molecule has 2 aromatic rings. The Hall–Kier alpha value is -2.76. The molecular formula is C12H7NO5. The zero-order chi connectivity index (χ0) is 12.7. The quantitative estimate of drug-likeness (QED) is 0.558. The third-order valence-corrected chi connectivity index (χ3v) is 2.52. The number of para-hydroxylation sites is 1. The van der Waals surface area contributed by atoms with Crippen molar-refractivity contribution in [3.63, 3.8) is 0 Å². The van der Waals surface area contributed by atoms with E-state index in [-0.39, 0.29) is 11.6 Å². The van der Waals surface area contributed by atoms with E-state index in [9.17, 15) is 14.8 Å². The molecule has 0 aliphatic carbocycles. The van der Waals surface area contributed by atoms with Gasteiger partial charge in [0, 0.05) is 12.2 Å². The van der Waals surface area contributed by atoms with Crippen molar-refractivity contribution in [1.29, 1.82) is 0 Å². The van der Waals surface area contributed by atoms with Gasteiger partial charge in [0.2, 0.25) is 5.75 Å². The predicted octanol–water partition coefficient (Wildman–Crippen LogP) is 1.26. The van der Waals surface area contributed by atoms with E-state index in [4.69, 9.17) is 9.47 Å². The summed E-state index contributed by atoms with van der Waals surface area (Å²) in [6, 6.07) is 6.67. The molecule has 6 nitrogen and oxygen atoms in total. The second-order valence-corrected chi connectivity index (χ2v) is 3.64. The minimum Gasteiger partial charge on any atom is -0.425 e. The van der Waals surface area contributed by atoms with Gasteiger partial charge in [-0.25, -0.2) is 9.59 Å². The van der Waals surface area contributed by atoms with E-state index in [1.54, 1.807) is 24.3 Å². The van der Waals surface area contributed by atoms with Gasteiger partial charge in [-0.1, -0.05) is 12.1 Å². The summed E-state index contributed by atoms with van der Waals surface area (Å²) in [5.41, 5.74) is 0.380. The van der Waals surface area contributed by atoms with Crippen molar-refractivity contribution in [2.45, 2.75) is 0 Å². The molecule has 0 amide bonds. The van der Waals surface area contributed by atoms with Gasteiger partial charge in [0.25, 0.3) is 5.88 Å². The number of fused-ring (bicyclic) bond motifs is 3. The summed E-state index contributed by atoms with van der Waals surface area (Å²) in [4.78, 5) is 22.7. The van der Waals surface area contributed by atoms with Crippen LogP contribution < -0.4 is 9.47 Å². The van der Waals surface area contributed by atoms with Crippen LogP contribution >= 0.6 is 0 Å². The highest BCUT2D eigenvalue weighted by atomic mass is 16.6. The van der Waals surface area contributed by atoms with Crippen LogP contribution in [0.25, 0.3) is 10.9 Å². The number of esters is 2. The molecule has 0 bridgehead atoms. The van der Waals surface area contributed by atoms with Gasteiger partial charge in [-0.05, 0) is 12.1 Å². The highest BCUT2D eigenvalue weighted by Gasteiger charge is 2.24. The lowest BCUT2D eigenvalue weighted by molar-refractivity contribution is -0.134. The second-order valence-electron chi connectivity index (χ2n) is 3.64. The van der Waals surface area contributed by atoms with E-state index < -0.39 is 11.9 Å². The average molecular weight is 245 g/mol. The van der Waals surface area contributed by atoms with Crippen LogP contribution in [0.4, 0.5) is 0 Å². The molecule has 90 valence electrons.